The first kappa shape index (κ1) is 10.3. The van der Waals surface area contributed by atoms with Gasteiger partial charge in [-0.3, -0.25) is 0 Å². The van der Waals surface area contributed by atoms with Gasteiger partial charge in [-0.2, -0.15) is 0 Å². The Balaban J connectivity index is 0.000000720. The predicted octanol–water partition coefficient (Wildman–Crippen LogP) is 2.45. The molecule has 0 amide bonds. The zero-order chi connectivity index (χ0) is 8.11. The molecule has 0 aromatic rings. The molecule has 2 atom stereocenters. The fourth-order valence-corrected chi connectivity index (χ4v) is 2.84. The Kier molecular flexibility index (Phi) is 2.48. The van der Waals surface area contributed by atoms with Crippen LogP contribution in [0.4, 0.5) is 0 Å². The summed E-state index contributed by atoms with van der Waals surface area (Å²) in [5, 5.41) is 3.47. The first-order chi connectivity index (χ1) is 5.06. The first-order valence-electron chi connectivity index (χ1n) is 4.77. The van der Waals surface area contributed by atoms with Gasteiger partial charge in [-0.05, 0) is 42.7 Å². The lowest BCUT2D eigenvalue weighted by Crippen LogP contribution is -2.36. The Labute approximate surface area is 81.7 Å². The molecule has 2 unspecified atom stereocenters. The van der Waals surface area contributed by atoms with Crippen LogP contribution >= 0.6 is 12.4 Å². The van der Waals surface area contributed by atoms with E-state index in [1.54, 1.807) is 0 Å². The molecule has 1 N–H and O–H groups in total. The lowest BCUT2D eigenvalue weighted by molar-refractivity contribution is 0.158. The number of fused-ring (bicyclic) bond motifs is 1. The maximum Gasteiger partial charge on any atom is -0.00148 e. The summed E-state index contributed by atoms with van der Waals surface area (Å²) in [5.74, 6) is 0.997. The Morgan fingerprint density at radius 1 is 1.33 bits per heavy atom. The van der Waals surface area contributed by atoms with E-state index in [-0.39, 0.29) is 12.4 Å². The number of hydrogen-bond acceptors (Lipinski definition) is 1. The highest BCUT2D eigenvalue weighted by molar-refractivity contribution is 5.85. The second kappa shape index (κ2) is 2.88. The van der Waals surface area contributed by atoms with Gasteiger partial charge in [-0.1, -0.05) is 20.8 Å². The summed E-state index contributed by atoms with van der Waals surface area (Å²) in [7, 11) is 0. The van der Waals surface area contributed by atoms with Crippen LogP contribution in [0.2, 0.25) is 0 Å². The highest BCUT2D eigenvalue weighted by Crippen LogP contribution is 2.66. The van der Waals surface area contributed by atoms with Crippen LogP contribution in [0.5, 0.6) is 0 Å². The molecule has 1 aliphatic carbocycles. The van der Waals surface area contributed by atoms with Gasteiger partial charge in [0.2, 0.25) is 0 Å². The molecular weight excluding hydrogens is 170 g/mol. The van der Waals surface area contributed by atoms with E-state index in [9.17, 15) is 0 Å². The standard InChI is InChI=1S/C10H19N.ClH/c1-9(2,3)10-4-5-11-7-8(10)6-10;/h8,11H,4-7H2,1-3H3;1H. The average Bonchev–Trinajstić information content (AvgIpc) is 2.59. The Morgan fingerprint density at radius 2 is 2.00 bits per heavy atom. The summed E-state index contributed by atoms with van der Waals surface area (Å²) < 4.78 is 0. The maximum atomic E-state index is 3.47. The predicted molar refractivity (Wildman–Crippen MR) is 54.7 cm³/mol. The van der Waals surface area contributed by atoms with E-state index in [1.807, 2.05) is 0 Å². The zero-order valence-corrected chi connectivity index (χ0v) is 9.13. The van der Waals surface area contributed by atoms with E-state index in [0.717, 1.165) is 11.3 Å². The van der Waals surface area contributed by atoms with Gasteiger partial charge in [0.1, 0.15) is 0 Å². The molecule has 1 saturated carbocycles. The first-order valence-corrected chi connectivity index (χ1v) is 4.77. The fraction of sp³-hybridized carbons (Fsp3) is 1.00. The van der Waals surface area contributed by atoms with E-state index in [2.05, 4.69) is 26.1 Å². The molecule has 12 heavy (non-hydrogen) atoms. The van der Waals surface area contributed by atoms with Crippen LogP contribution in [0.3, 0.4) is 0 Å². The largest absolute Gasteiger partial charge is 0.316 e. The Hall–Kier alpha value is 0.250. The van der Waals surface area contributed by atoms with Crippen molar-refractivity contribution in [1.29, 1.82) is 0 Å². The zero-order valence-electron chi connectivity index (χ0n) is 8.31. The van der Waals surface area contributed by atoms with Crippen LogP contribution in [0, 0.1) is 16.7 Å². The summed E-state index contributed by atoms with van der Waals surface area (Å²) in [6.45, 7) is 9.72. The van der Waals surface area contributed by atoms with Crippen molar-refractivity contribution in [3.8, 4) is 0 Å². The second-order valence-electron chi connectivity index (χ2n) is 5.26. The third-order valence-corrected chi connectivity index (χ3v) is 3.86. The second-order valence-corrected chi connectivity index (χ2v) is 5.26. The summed E-state index contributed by atoms with van der Waals surface area (Å²) in [5.41, 5.74) is 1.26. The summed E-state index contributed by atoms with van der Waals surface area (Å²) in [4.78, 5) is 0. The minimum atomic E-state index is 0. The SMILES string of the molecule is CC(C)(C)C12CCNCC1C2.Cl. The molecule has 0 radical (unpaired) electrons. The lowest BCUT2D eigenvalue weighted by atomic mass is 9.73. The third-order valence-electron chi connectivity index (χ3n) is 3.86. The van der Waals surface area contributed by atoms with Crippen molar-refractivity contribution in [3.05, 3.63) is 0 Å². The molecule has 2 aliphatic rings. The third kappa shape index (κ3) is 1.27. The van der Waals surface area contributed by atoms with Gasteiger partial charge in [-0.25, -0.2) is 0 Å². The van der Waals surface area contributed by atoms with E-state index < -0.39 is 0 Å². The van der Waals surface area contributed by atoms with Crippen LogP contribution in [0.25, 0.3) is 0 Å². The van der Waals surface area contributed by atoms with E-state index in [0.29, 0.717) is 5.41 Å². The molecule has 1 aliphatic heterocycles. The average molecular weight is 190 g/mol. The molecular formula is C10H20ClN. The van der Waals surface area contributed by atoms with Crippen molar-refractivity contribution < 1.29 is 0 Å². The molecule has 0 bridgehead atoms. The van der Waals surface area contributed by atoms with Crippen molar-refractivity contribution in [2.75, 3.05) is 13.1 Å². The van der Waals surface area contributed by atoms with Crippen molar-refractivity contribution in [2.45, 2.75) is 33.6 Å². The molecule has 1 heterocycles. The Bertz CT molecular complexity index is 173. The van der Waals surface area contributed by atoms with Crippen molar-refractivity contribution in [2.24, 2.45) is 16.7 Å². The van der Waals surface area contributed by atoms with Crippen molar-refractivity contribution in [1.82, 2.24) is 5.32 Å². The molecule has 0 aromatic heterocycles. The number of halogens is 1. The number of rotatable bonds is 0. The van der Waals surface area contributed by atoms with Gasteiger partial charge in [0.15, 0.2) is 0 Å². The van der Waals surface area contributed by atoms with E-state index in [4.69, 9.17) is 0 Å². The number of nitrogens with one attached hydrogen (secondary N) is 1. The molecule has 2 heteroatoms. The van der Waals surface area contributed by atoms with Crippen molar-refractivity contribution in [3.63, 3.8) is 0 Å². The van der Waals surface area contributed by atoms with Crippen LogP contribution in [-0.4, -0.2) is 13.1 Å². The van der Waals surface area contributed by atoms with Gasteiger partial charge in [0, 0.05) is 0 Å². The minimum absolute atomic E-state index is 0. The van der Waals surface area contributed by atoms with Crippen LogP contribution in [0.15, 0.2) is 0 Å². The van der Waals surface area contributed by atoms with E-state index >= 15 is 0 Å². The number of piperidine rings is 1. The highest BCUT2D eigenvalue weighted by Gasteiger charge is 2.60. The molecule has 72 valence electrons. The fourth-order valence-electron chi connectivity index (χ4n) is 2.84. The quantitative estimate of drug-likeness (QED) is 0.618. The van der Waals surface area contributed by atoms with Gasteiger partial charge in [0.25, 0.3) is 0 Å². The molecule has 1 saturated heterocycles. The lowest BCUT2D eigenvalue weighted by Gasteiger charge is -2.35. The normalized spacial score (nSPS) is 39.8. The van der Waals surface area contributed by atoms with Crippen molar-refractivity contribution >= 4 is 12.4 Å². The van der Waals surface area contributed by atoms with Gasteiger partial charge >= 0.3 is 0 Å². The topological polar surface area (TPSA) is 12.0 Å². The summed E-state index contributed by atoms with van der Waals surface area (Å²) >= 11 is 0. The molecule has 2 fully saturated rings. The minimum Gasteiger partial charge on any atom is -0.316 e. The maximum absolute atomic E-state index is 3.47. The van der Waals surface area contributed by atoms with Crippen LogP contribution in [0.1, 0.15) is 33.6 Å². The monoisotopic (exact) mass is 189 g/mol. The van der Waals surface area contributed by atoms with Gasteiger partial charge < -0.3 is 5.32 Å². The molecule has 0 aromatic carbocycles. The molecule has 2 rings (SSSR count). The van der Waals surface area contributed by atoms with Crippen LogP contribution in [-0.2, 0) is 0 Å². The Morgan fingerprint density at radius 3 is 2.42 bits per heavy atom. The highest BCUT2D eigenvalue weighted by atomic mass is 35.5. The summed E-state index contributed by atoms with van der Waals surface area (Å²) in [6.07, 6.45) is 2.88. The van der Waals surface area contributed by atoms with Gasteiger partial charge in [-0.15, -0.1) is 12.4 Å². The molecule has 1 nitrogen and oxygen atoms in total. The number of hydrogen-bond donors (Lipinski definition) is 1. The summed E-state index contributed by atoms with van der Waals surface area (Å²) in [6, 6.07) is 0. The van der Waals surface area contributed by atoms with Gasteiger partial charge in [0.05, 0.1) is 0 Å². The van der Waals surface area contributed by atoms with Crippen LogP contribution < -0.4 is 5.32 Å². The van der Waals surface area contributed by atoms with E-state index in [1.165, 1.54) is 25.9 Å². The smallest absolute Gasteiger partial charge is 0.00148 e. The molecule has 0 spiro atoms.